The first kappa shape index (κ1) is 14.1. The summed E-state index contributed by atoms with van der Waals surface area (Å²) >= 11 is 0. The van der Waals surface area contributed by atoms with Crippen molar-refractivity contribution in [2.45, 2.75) is 38.7 Å². The van der Waals surface area contributed by atoms with Crippen molar-refractivity contribution >= 4 is 5.69 Å². The van der Waals surface area contributed by atoms with Gasteiger partial charge in [-0.2, -0.15) is 4.98 Å². The van der Waals surface area contributed by atoms with Crippen molar-refractivity contribution in [3.05, 3.63) is 29.6 Å². The Hall–Kier alpha value is -1.88. The number of anilines is 1. The molecule has 1 aromatic heterocycles. The SMILES string of the molecule is CCC(CC)(OC)c1noc(-c2ccc3c(c2)NCC3)n1. The summed E-state index contributed by atoms with van der Waals surface area (Å²) in [7, 11) is 1.70. The quantitative estimate of drug-likeness (QED) is 0.913. The lowest BCUT2D eigenvalue weighted by atomic mass is 9.96. The highest BCUT2D eigenvalue weighted by molar-refractivity contribution is 5.66. The summed E-state index contributed by atoms with van der Waals surface area (Å²) in [6.45, 7) is 5.14. The van der Waals surface area contributed by atoms with Crippen molar-refractivity contribution in [3.63, 3.8) is 0 Å². The molecule has 0 atom stereocenters. The summed E-state index contributed by atoms with van der Waals surface area (Å²) in [6.07, 6.45) is 2.69. The van der Waals surface area contributed by atoms with E-state index in [-0.39, 0.29) is 0 Å². The molecule has 0 unspecified atom stereocenters. The maximum absolute atomic E-state index is 5.65. The Bertz CT molecular complexity index is 624. The van der Waals surface area contributed by atoms with E-state index < -0.39 is 5.60 Å². The van der Waals surface area contributed by atoms with Gasteiger partial charge in [-0.15, -0.1) is 0 Å². The zero-order valence-electron chi connectivity index (χ0n) is 12.8. The number of fused-ring (bicyclic) bond motifs is 1. The largest absolute Gasteiger partial charge is 0.384 e. The second-order valence-corrected chi connectivity index (χ2v) is 5.38. The van der Waals surface area contributed by atoms with Crippen LogP contribution in [0, 0.1) is 0 Å². The van der Waals surface area contributed by atoms with Crippen molar-refractivity contribution in [1.82, 2.24) is 10.1 Å². The van der Waals surface area contributed by atoms with E-state index in [1.807, 2.05) is 6.07 Å². The van der Waals surface area contributed by atoms with Crippen LogP contribution in [0.2, 0.25) is 0 Å². The van der Waals surface area contributed by atoms with Gasteiger partial charge in [0, 0.05) is 24.9 Å². The Morgan fingerprint density at radius 1 is 1.33 bits per heavy atom. The standard InChI is InChI=1S/C16H21N3O2/c1-4-16(5-2,20-3)15-18-14(21-19-15)12-7-6-11-8-9-17-13(11)10-12/h6-7,10,17H,4-5,8-9H2,1-3H3. The summed E-state index contributed by atoms with van der Waals surface area (Å²) in [5, 5.41) is 7.51. The molecule has 112 valence electrons. The van der Waals surface area contributed by atoms with Gasteiger partial charge < -0.3 is 14.6 Å². The minimum atomic E-state index is -0.462. The first-order valence-corrected chi connectivity index (χ1v) is 7.49. The van der Waals surface area contributed by atoms with E-state index in [4.69, 9.17) is 9.26 Å². The zero-order chi connectivity index (χ0) is 14.9. The van der Waals surface area contributed by atoms with Gasteiger partial charge in [-0.25, -0.2) is 0 Å². The van der Waals surface area contributed by atoms with Crippen molar-refractivity contribution in [1.29, 1.82) is 0 Å². The van der Waals surface area contributed by atoms with E-state index in [0.717, 1.165) is 37.1 Å². The monoisotopic (exact) mass is 287 g/mol. The molecule has 0 bridgehead atoms. The summed E-state index contributed by atoms with van der Waals surface area (Å²) in [5.74, 6) is 1.17. The summed E-state index contributed by atoms with van der Waals surface area (Å²) in [5.41, 5.74) is 2.98. The predicted octanol–water partition coefficient (Wildman–Crippen LogP) is 3.37. The molecular formula is C16H21N3O2. The molecule has 0 aliphatic carbocycles. The molecule has 1 aliphatic rings. The van der Waals surface area contributed by atoms with Crippen molar-refractivity contribution < 1.29 is 9.26 Å². The fraction of sp³-hybridized carbons (Fsp3) is 0.500. The van der Waals surface area contributed by atoms with E-state index in [2.05, 4.69) is 41.4 Å². The minimum Gasteiger partial charge on any atom is -0.384 e. The molecule has 0 radical (unpaired) electrons. The van der Waals surface area contributed by atoms with Crippen LogP contribution in [0.5, 0.6) is 0 Å². The van der Waals surface area contributed by atoms with Crippen LogP contribution in [0.4, 0.5) is 5.69 Å². The molecule has 1 N–H and O–H groups in total. The van der Waals surface area contributed by atoms with Gasteiger partial charge in [0.25, 0.3) is 5.89 Å². The molecule has 0 spiro atoms. The summed E-state index contributed by atoms with van der Waals surface area (Å²) < 4.78 is 11.1. The van der Waals surface area contributed by atoms with Crippen LogP contribution in [-0.4, -0.2) is 23.8 Å². The van der Waals surface area contributed by atoms with Gasteiger partial charge >= 0.3 is 0 Å². The average molecular weight is 287 g/mol. The number of hydrogen-bond acceptors (Lipinski definition) is 5. The molecule has 2 aromatic rings. The van der Waals surface area contributed by atoms with Crippen molar-refractivity contribution in [3.8, 4) is 11.5 Å². The third-order valence-corrected chi connectivity index (χ3v) is 4.43. The van der Waals surface area contributed by atoms with E-state index in [0.29, 0.717) is 11.7 Å². The molecule has 0 amide bonds. The van der Waals surface area contributed by atoms with Crippen molar-refractivity contribution in [2.75, 3.05) is 19.0 Å². The van der Waals surface area contributed by atoms with Crippen LogP contribution in [-0.2, 0) is 16.8 Å². The molecule has 21 heavy (non-hydrogen) atoms. The van der Waals surface area contributed by atoms with Crippen LogP contribution in [0.1, 0.15) is 38.1 Å². The molecule has 3 rings (SSSR count). The van der Waals surface area contributed by atoms with Crippen LogP contribution < -0.4 is 5.32 Å². The first-order valence-electron chi connectivity index (χ1n) is 7.49. The van der Waals surface area contributed by atoms with Gasteiger partial charge in [0.05, 0.1) is 0 Å². The second kappa shape index (κ2) is 5.48. The van der Waals surface area contributed by atoms with Crippen molar-refractivity contribution in [2.24, 2.45) is 0 Å². The lowest BCUT2D eigenvalue weighted by Crippen LogP contribution is -2.28. The summed E-state index contributed by atoms with van der Waals surface area (Å²) in [6, 6.07) is 6.24. The molecule has 0 saturated heterocycles. The topological polar surface area (TPSA) is 60.2 Å². The van der Waals surface area contributed by atoms with Gasteiger partial charge in [0.1, 0.15) is 5.60 Å². The highest BCUT2D eigenvalue weighted by atomic mass is 16.5. The fourth-order valence-electron chi connectivity index (χ4n) is 2.90. The lowest BCUT2D eigenvalue weighted by Gasteiger charge is -2.25. The Morgan fingerprint density at radius 2 is 2.14 bits per heavy atom. The molecule has 1 aromatic carbocycles. The fourth-order valence-corrected chi connectivity index (χ4v) is 2.90. The van der Waals surface area contributed by atoms with Crippen LogP contribution in [0.3, 0.4) is 0 Å². The van der Waals surface area contributed by atoms with E-state index >= 15 is 0 Å². The van der Waals surface area contributed by atoms with Gasteiger partial charge in [-0.3, -0.25) is 0 Å². The first-order chi connectivity index (χ1) is 10.2. The molecule has 0 saturated carbocycles. The van der Waals surface area contributed by atoms with E-state index in [1.165, 1.54) is 5.56 Å². The minimum absolute atomic E-state index is 0.462. The average Bonchev–Trinajstić information content (AvgIpc) is 3.18. The number of methoxy groups -OCH3 is 1. The zero-order valence-corrected chi connectivity index (χ0v) is 12.8. The second-order valence-electron chi connectivity index (χ2n) is 5.38. The number of nitrogens with one attached hydrogen (secondary N) is 1. The number of nitrogens with zero attached hydrogens (tertiary/aromatic N) is 2. The third kappa shape index (κ3) is 2.31. The normalized spacial score (nSPS) is 14.0. The third-order valence-electron chi connectivity index (χ3n) is 4.43. The number of aromatic nitrogens is 2. The molecular weight excluding hydrogens is 266 g/mol. The predicted molar refractivity (Wildman–Crippen MR) is 81.2 cm³/mol. The number of ether oxygens (including phenoxy) is 1. The molecule has 5 heteroatoms. The Kier molecular flexibility index (Phi) is 3.68. The highest BCUT2D eigenvalue weighted by Gasteiger charge is 2.33. The number of hydrogen-bond donors (Lipinski definition) is 1. The van der Waals surface area contributed by atoms with E-state index in [9.17, 15) is 0 Å². The molecule has 5 nitrogen and oxygen atoms in total. The summed E-state index contributed by atoms with van der Waals surface area (Å²) in [4.78, 5) is 4.56. The molecule has 0 fully saturated rings. The maximum atomic E-state index is 5.65. The smallest absolute Gasteiger partial charge is 0.258 e. The molecule has 1 aliphatic heterocycles. The van der Waals surface area contributed by atoms with Crippen LogP contribution in [0.15, 0.2) is 22.7 Å². The van der Waals surface area contributed by atoms with Crippen LogP contribution in [0.25, 0.3) is 11.5 Å². The highest BCUT2D eigenvalue weighted by Crippen LogP contribution is 2.33. The van der Waals surface area contributed by atoms with Gasteiger partial charge in [-0.1, -0.05) is 25.1 Å². The molecule has 2 heterocycles. The lowest BCUT2D eigenvalue weighted by molar-refractivity contribution is -0.0306. The van der Waals surface area contributed by atoms with E-state index in [1.54, 1.807) is 7.11 Å². The number of benzene rings is 1. The Morgan fingerprint density at radius 3 is 2.86 bits per heavy atom. The Balaban J connectivity index is 1.95. The van der Waals surface area contributed by atoms with Crippen LogP contribution >= 0.6 is 0 Å². The van der Waals surface area contributed by atoms with Gasteiger partial charge in [-0.05, 0) is 37.0 Å². The van der Waals surface area contributed by atoms with Gasteiger partial charge in [0.2, 0.25) is 5.82 Å². The Labute approximate surface area is 124 Å². The van der Waals surface area contributed by atoms with Gasteiger partial charge in [0.15, 0.2) is 0 Å². The maximum Gasteiger partial charge on any atom is 0.258 e. The number of rotatable bonds is 5.